The molecule has 0 aromatic heterocycles. The van der Waals surface area contributed by atoms with Crippen LogP contribution in [0.5, 0.6) is 0 Å². The van der Waals surface area contributed by atoms with Crippen molar-refractivity contribution in [1.29, 1.82) is 0 Å². The number of ether oxygens (including phenoxy) is 1. The van der Waals surface area contributed by atoms with Crippen molar-refractivity contribution >= 4 is 27.7 Å². The number of nitrogens with zero attached hydrogens (tertiary/aromatic N) is 1. The molecule has 1 aromatic rings. The van der Waals surface area contributed by atoms with E-state index in [0.717, 1.165) is 45.1 Å². The van der Waals surface area contributed by atoms with E-state index in [1.807, 2.05) is 11.8 Å². The van der Waals surface area contributed by atoms with Gasteiger partial charge >= 0.3 is 0 Å². The van der Waals surface area contributed by atoms with Gasteiger partial charge < -0.3 is 15.0 Å². The number of rotatable bonds is 11. The maximum absolute atomic E-state index is 5.03. The van der Waals surface area contributed by atoms with Crippen LogP contribution in [0.4, 0.5) is 0 Å². The van der Waals surface area contributed by atoms with Crippen molar-refractivity contribution in [1.82, 2.24) is 10.2 Å². The van der Waals surface area contributed by atoms with E-state index in [2.05, 4.69) is 58.2 Å². The molecule has 0 saturated carbocycles. The summed E-state index contributed by atoms with van der Waals surface area (Å²) in [6.45, 7) is 10.4. The van der Waals surface area contributed by atoms with Gasteiger partial charge in [-0.3, -0.25) is 0 Å². The van der Waals surface area contributed by atoms with Crippen LogP contribution in [0.3, 0.4) is 0 Å². The molecule has 0 aliphatic carbocycles. The van der Waals surface area contributed by atoms with E-state index < -0.39 is 0 Å². The number of nitrogens with one attached hydrogen (secondary N) is 1. The Kier molecular flexibility index (Phi) is 10.4. The first kappa shape index (κ1) is 19.0. The molecule has 5 heteroatoms. The van der Waals surface area contributed by atoms with E-state index in [1.165, 1.54) is 14.9 Å². The Morgan fingerprint density at radius 2 is 2.05 bits per heavy atom. The molecule has 0 aliphatic heterocycles. The van der Waals surface area contributed by atoms with E-state index >= 15 is 0 Å². The molecule has 0 atom stereocenters. The van der Waals surface area contributed by atoms with Gasteiger partial charge in [-0.1, -0.05) is 19.9 Å². The number of halogens is 1. The molecule has 21 heavy (non-hydrogen) atoms. The minimum absolute atomic E-state index is 0.750. The summed E-state index contributed by atoms with van der Waals surface area (Å²) < 4.78 is 6.22. The Morgan fingerprint density at radius 1 is 1.29 bits per heavy atom. The van der Waals surface area contributed by atoms with E-state index in [1.54, 1.807) is 7.11 Å². The van der Waals surface area contributed by atoms with E-state index in [-0.39, 0.29) is 0 Å². The summed E-state index contributed by atoms with van der Waals surface area (Å²) in [5.41, 5.74) is 1.30. The van der Waals surface area contributed by atoms with Crippen LogP contribution in [0.15, 0.2) is 27.6 Å². The summed E-state index contributed by atoms with van der Waals surface area (Å²) >= 11 is 5.60. The summed E-state index contributed by atoms with van der Waals surface area (Å²) in [6.07, 6.45) is 0. The second-order valence-electron chi connectivity index (χ2n) is 4.81. The number of thioether (sulfide) groups is 1. The molecule has 120 valence electrons. The Balaban J connectivity index is 2.39. The van der Waals surface area contributed by atoms with Gasteiger partial charge in [-0.2, -0.15) is 0 Å². The monoisotopic (exact) mass is 374 g/mol. The molecular formula is C16H27BrN2OS. The summed E-state index contributed by atoms with van der Waals surface area (Å²) in [5, 5.41) is 3.36. The van der Waals surface area contributed by atoms with E-state index in [0.29, 0.717) is 0 Å². The third-order valence-corrected chi connectivity index (χ3v) is 5.34. The largest absolute Gasteiger partial charge is 0.383 e. The van der Waals surface area contributed by atoms with E-state index in [9.17, 15) is 0 Å². The quantitative estimate of drug-likeness (QED) is 0.472. The zero-order valence-electron chi connectivity index (χ0n) is 13.3. The third-order valence-electron chi connectivity index (χ3n) is 3.37. The first-order valence-corrected chi connectivity index (χ1v) is 9.32. The highest BCUT2D eigenvalue weighted by Crippen LogP contribution is 2.28. The van der Waals surface area contributed by atoms with Crippen LogP contribution in [0.2, 0.25) is 0 Å². The lowest BCUT2D eigenvalue weighted by molar-refractivity contribution is 0.199. The van der Waals surface area contributed by atoms with Gasteiger partial charge in [0.25, 0.3) is 0 Å². The highest BCUT2D eigenvalue weighted by Gasteiger charge is 2.04. The van der Waals surface area contributed by atoms with E-state index in [4.69, 9.17) is 4.74 Å². The summed E-state index contributed by atoms with van der Waals surface area (Å²) in [5.74, 6) is 1.13. The van der Waals surface area contributed by atoms with Crippen LogP contribution < -0.4 is 5.32 Å². The summed E-state index contributed by atoms with van der Waals surface area (Å²) in [6, 6.07) is 6.62. The lowest BCUT2D eigenvalue weighted by Crippen LogP contribution is -2.25. The molecule has 1 N–H and O–H groups in total. The molecule has 1 rings (SSSR count). The average Bonchev–Trinajstić information content (AvgIpc) is 2.50. The molecule has 1 aromatic carbocycles. The maximum atomic E-state index is 5.03. The molecule has 0 unspecified atom stereocenters. The summed E-state index contributed by atoms with van der Waals surface area (Å²) in [4.78, 5) is 3.78. The standard InChI is InChI=1S/C16H27BrN2OS/c1-4-19(5-2)9-11-21-16-7-6-14(12-15(16)17)13-18-8-10-20-3/h6-7,12,18H,4-5,8-11,13H2,1-3H3. The molecule has 0 bridgehead atoms. The van der Waals surface area contributed by atoms with Gasteiger partial charge in [-0.05, 0) is 46.7 Å². The Morgan fingerprint density at radius 3 is 2.67 bits per heavy atom. The number of hydrogen-bond donors (Lipinski definition) is 1. The van der Waals surface area contributed by atoms with Crippen LogP contribution in [0, 0.1) is 0 Å². The van der Waals surface area contributed by atoms with Crippen LogP contribution in [0.25, 0.3) is 0 Å². The fourth-order valence-corrected chi connectivity index (χ4v) is 3.70. The van der Waals surface area contributed by atoms with Crippen LogP contribution in [0.1, 0.15) is 19.4 Å². The molecule has 0 spiro atoms. The highest BCUT2D eigenvalue weighted by molar-refractivity contribution is 9.10. The molecular weight excluding hydrogens is 348 g/mol. The van der Waals surface area contributed by atoms with Gasteiger partial charge in [0.15, 0.2) is 0 Å². The highest BCUT2D eigenvalue weighted by atomic mass is 79.9. The van der Waals surface area contributed by atoms with Gasteiger partial charge in [0, 0.05) is 41.9 Å². The van der Waals surface area contributed by atoms with Crippen molar-refractivity contribution in [3.63, 3.8) is 0 Å². The first-order valence-electron chi connectivity index (χ1n) is 7.54. The SMILES string of the molecule is CCN(CC)CCSc1ccc(CNCCOC)cc1Br. The second kappa shape index (κ2) is 11.5. The van der Waals surface area contributed by atoms with Crippen LogP contribution >= 0.6 is 27.7 Å². The minimum atomic E-state index is 0.750. The smallest absolute Gasteiger partial charge is 0.0587 e. The van der Waals surface area contributed by atoms with Crippen molar-refractivity contribution in [2.75, 3.05) is 45.6 Å². The van der Waals surface area contributed by atoms with Crippen LogP contribution in [-0.2, 0) is 11.3 Å². The van der Waals surface area contributed by atoms with Gasteiger partial charge in [0.05, 0.1) is 6.61 Å². The fraction of sp³-hybridized carbons (Fsp3) is 0.625. The number of methoxy groups -OCH3 is 1. The van der Waals surface area contributed by atoms with Crippen molar-refractivity contribution in [3.05, 3.63) is 28.2 Å². The van der Waals surface area contributed by atoms with Gasteiger partial charge in [0.1, 0.15) is 0 Å². The van der Waals surface area contributed by atoms with Crippen LogP contribution in [-0.4, -0.2) is 50.5 Å². The zero-order valence-corrected chi connectivity index (χ0v) is 15.7. The molecule has 0 radical (unpaired) electrons. The molecule has 3 nitrogen and oxygen atoms in total. The molecule has 0 heterocycles. The maximum Gasteiger partial charge on any atom is 0.0587 e. The molecule has 0 amide bonds. The molecule has 0 saturated heterocycles. The lowest BCUT2D eigenvalue weighted by Gasteiger charge is -2.17. The predicted octanol–water partition coefficient (Wildman–Crippen LogP) is 3.62. The van der Waals surface area contributed by atoms with Crippen molar-refractivity contribution in [2.24, 2.45) is 0 Å². The Hall–Kier alpha value is -0.0700. The van der Waals surface area contributed by atoms with Gasteiger partial charge in [0.2, 0.25) is 0 Å². The first-order chi connectivity index (χ1) is 10.2. The normalized spacial score (nSPS) is 11.3. The molecule has 0 fully saturated rings. The predicted molar refractivity (Wildman–Crippen MR) is 96.2 cm³/mol. The zero-order chi connectivity index (χ0) is 15.5. The minimum Gasteiger partial charge on any atom is -0.383 e. The van der Waals surface area contributed by atoms with Crippen molar-refractivity contribution < 1.29 is 4.74 Å². The second-order valence-corrected chi connectivity index (χ2v) is 6.80. The van der Waals surface area contributed by atoms with Crippen molar-refractivity contribution in [3.8, 4) is 0 Å². The lowest BCUT2D eigenvalue weighted by atomic mass is 10.2. The number of benzene rings is 1. The van der Waals surface area contributed by atoms with Crippen molar-refractivity contribution in [2.45, 2.75) is 25.3 Å². The number of hydrogen-bond acceptors (Lipinski definition) is 4. The topological polar surface area (TPSA) is 24.5 Å². The Labute approximate surface area is 141 Å². The third kappa shape index (κ3) is 7.66. The Bertz CT molecular complexity index is 400. The molecule has 0 aliphatic rings. The van der Waals surface area contributed by atoms with Gasteiger partial charge in [-0.15, -0.1) is 11.8 Å². The fourth-order valence-electron chi connectivity index (χ4n) is 2.00. The van der Waals surface area contributed by atoms with Gasteiger partial charge in [-0.25, -0.2) is 0 Å². The average molecular weight is 375 g/mol. The summed E-state index contributed by atoms with van der Waals surface area (Å²) in [7, 11) is 1.72.